The summed E-state index contributed by atoms with van der Waals surface area (Å²) >= 11 is 0. The van der Waals surface area contributed by atoms with Crippen molar-refractivity contribution in [1.29, 1.82) is 0 Å². The van der Waals surface area contributed by atoms with Gasteiger partial charge >= 0.3 is 0 Å². The van der Waals surface area contributed by atoms with Crippen LogP contribution >= 0.6 is 0 Å². The SMILES string of the molecule is Cc1ccc(-c2nnc([C@H](C)N3C[C@H](C)O[C@@H](C)C3)o2)cc1. The maximum atomic E-state index is 5.89. The molecule has 1 saturated heterocycles. The van der Waals surface area contributed by atoms with Crippen molar-refractivity contribution < 1.29 is 9.15 Å². The van der Waals surface area contributed by atoms with E-state index in [-0.39, 0.29) is 18.2 Å². The van der Waals surface area contributed by atoms with Crippen LogP contribution in [0.3, 0.4) is 0 Å². The number of benzene rings is 1. The smallest absolute Gasteiger partial charge is 0.247 e. The first kappa shape index (κ1) is 15.2. The van der Waals surface area contributed by atoms with Crippen LogP contribution in [0.2, 0.25) is 0 Å². The molecule has 1 aromatic carbocycles. The van der Waals surface area contributed by atoms with Gasteiger partial charge in [0.05, 0.1) is 18.2 Å². The molecule has 5 heteroatoms. The van der Waals surface area contributed by atoms with E-state index >= 15 is 0 Å². The summed E-state index contributed by atoms with van der Waals surface area (Å²) in [6.45, 7) is 10.1. The Morgan fingerprint density at radius 3 is 2.36 bits per heavy atom. The van der Waals surface area contributed by atoms with Gasteiger partial charge in [-0.15, -0.1) is 10.2 Å². The van der Waals surface area contributed by atoms with Crippen LogP contribution in [0.5, 0.6) is 0 Å². The average molecular weight is 301 g/mol. The van der Waals surface area contributed by atoms with Crippen molar-refractivity contribution in [3.8, 4) is 11.5 Å². The lowest BCUT2D eigenvalue weighted by Gasteiger charge is -2.37. The summed E-state index contributed by atoms with van der Waals surface area (Å²) in [6, 6.07) is 8.22. The van der Waals surface area contributed by atoms with Crippen molar-refractivity contribution in [2.24, 2.45) is 0 Å². The van der Waals surface area contributed by atoms with Crippen molar-refractivity contribution >= 4 is 0 Å². The Morgan fingerprint density at radius 2 is 1.73 bits per heavy atom. The molecule has 0 spiro atoms. The second-order valence-electron chi connectivity index (χ2n) is 6.20. The molecule has 2 aromatic rings. The first-order valence-electron chi connectivity index (χ1n) is 7.83. The molecule has 1 aromatic heterocycles. The van der Waals surface area contributed by atoms with Gasteiger partial charge in [0, 0.05) is 18.7 Å². The number of ether oxygens (including phenoxy) is 1. The first-order chi connectivity index (χ1) is 10.5. The topological polar surface area (TPSA) is 51.4 Å². The zero-order chi connectivity index (χ0) is 15.7. The minimum atomic E-state index is 0.0977. The summed E-state index contributed by atoms with van der Waals surface area (Å²) in [4.78, 5) is 2.34. The Kier molecular flexibility index (Phi) is 4.27. The van der Waals surface area contributed by atoms with Gasteiger partial charge in [0.25, 0.3) is 0 Å². The lowest BCUT2D eigenvalue weighted by Crippen LogP contribution is -2.46. The largest absolute Gasteiger partial charge is 0.419 e. The van der Waals surface area contributed by atoms with E-state index in [0.29, 0.717) is 11.8 Å². The van der Waals surface area contributed by atoms with Crippen LogP contribution in [0.4, 0.5) is 0 Å². The summed E-state index contributed by atoms with van der Waals surface area (Å²) in [5.74, 6) is 1.24. The van der Waals surface area contributed by atoms with Crippen LogP contribution in [0.1, 0.15) is 38.3 Å². The van der Waals surface area contributed by atoms with Gasteiger partial charge in [0.2, 0.25) is 11.8 Å². The lowest BCUT2D eigenvalue weighted by atomic mass is 10.1. The molecule has 0 unspecified atom stereocenters. The minimum Gasteiger partial charge on any atom is -0.419 e. The van der Waals surface area contributed by atoms with Crippen molar-refractivity contribution in [3.05, 3.63) is 35.7 Å². The predicted molar refractivity (Wildman–Crippen MR) is 84.5 cm³/mol. The third-order valence-corrected chi connectivity index (χ3v) is 4.09. The van der Waals surface area contributed by atoms with E-state index in [0.717, 1.165) is 18.7 Å². The standard InChI is InChI=1S/C17H23N3O2/c1-11-5-7-15(8-6-11)17-19-18-16(22-17)14(4)20-9-12(2)21-13(3)10-20/h5-8,12-14H,9-10H2,1-4H3/t12-,13-,14-/m0/s1. The summed E-state index contributed by atoms with van der Waals surface area (Å²) in [7, 11) is 0. The van der Waals surface area contributed by atoms with Crippen LogP contribution in [-0.4, -0.2) is 40.4 Å². The Hall–Kier alpha value is -1.72. The fourth-order valence-corrected chi connectivity index (χ4v) is 2.91. The molecule has 1 aliphatic heterocycles. The van der Waals surface area contributed by atoms with Crippen LogP contribution in [0, 0.1) is 6.92 Å². The van der Waals surface area contributed by atoms with Gasteiger partial charge < -0.3 is 9.15 Å². The van der Waals surface area contributed by atoms with Gasteiger partial charge in [-0.25, -0.2) is 0 Å². The average Bonchev–Trinajstić information content (AvgIpc) is 2.96. The number of hydrogen-bond acceptors (Lipinski definition) is 5. The monoisotopic (exact) mass is 301 g/mol. The highest BCUT2D eigenvalue weighted by Crippen LogP contribution is 2.26. The summed E-state index contributed by atoms with van der Waals surface area (Å²) in [6.07, 6.45) is 0.455. The zero-order valence-corrected chi connectivity index (χ0v) is 13.6. The number of morpholine rings is 1. The first-order valence-corrected chi connectivity index (χ1v) is 7.83. The second kappa shape index (κ2) is 6.18. The number of nitrogens with zero attached hydrogens (tertiary/aromatic N) is 3. The minimum absolute atomic E-state index is 0.0977. The van der Waals surface area contributed by atoms with Gasteiger partial charge in [-0.3, -0.25) is 4.90 Å². The normalized spacial score (nSPS) is 24.4. The van der Waals surface area contributed by atoms with E-state index < -0.39 is 0 Å². The molecule has 1 fully saturated rings. The van der Waals surface area contributed by atoms with E-state index in [2.05, 4.69) is 42.8 Å². The lowest BCUT2D eigenvalue weighted by molar-refractivity contribution is -0.0814. The van der Waals surface area contributed by atoms with Gasteiger partial charge in [-0.05, 0) is 39.8 Å². The quantitative estimate of drug-likeness (QED) is 0.871. The van der Waals surface area contributed by atoms with E-state index in [4.69, 9.17) is 9.15 Å². The molecule has 118 valence electrons. The molecule has 3 rings (SSSR count). The van der Waals surface area contributed by atoms with E-state index in [9.17, 15) is 0 Å². The summed E-state index contributed by atoms with van der Waals surface area (Å²) in [5.41, 5.74) is 2.17. The maximum absolute atomic E-state index is 5.89. The van der Waals surface area contributed by atoms with Gasteiger partial charge in [-0.1, -0.05) is 17.7 Å². The molecule has 0 amide bonds. The van der Waals surface area contributed by atoms with E-state index in [1.165, 1.54) is 5.56 Å². The Balaban J connectivity index is 1.76. The molecular formula is C17H23N3O2. The number of rotatable bonds is 3. The third kappa shape index (κ3) is 3.20. The Bertz CT molecular complexity index is 613. The van der Waals surface area contributed by atoms with Crippen LogP contribution < -0.4 is 0 Å². The maximum Gasteiger partial charge on any atom is 0.247 e. The fraction of sp³-hybridized carbons (Fsp3) is 0.529. The molecule has 1 aliphatic rings. The third-order valence-electron chi connectivity index (χ3n) is 4.09. The molecule has 22 heavy (non-hydrogen) atoms. The van der Waals surface area contributed by atoms with Crippen molar-refractivity contribution in [3.63, 3.8) is 0 Å². The highest BCUT2D eigenvalue weighted by molar-refractivity contribution is 5.52. The molecule has 0 N–H and O–H groups in total. The van der Waals surface area contributed by atoms with Crippen molar-refractivity contribution in [2.75, 3.05) is 13.1 Å². The highest BCUT2D eigenvalue weighted by Gasteiger charge is 2.29. The van der Waals surface area contributed by atoms with Crippen LogP contribution in [-0.2, 0) is 4.74 Å². The van der Waals surface area contributed by atoms with Gasteiger partial charge in [-0.2, -0.15) is 0 Å². The Labute approximate surface area is 131 Å². The molecule has 0 aliphatic carbocycles. The molecule has 3 atom stereocenters. The number of hydrogen-bond donors (Lipinski definition) is 0. The fourth-order valence-electron chi connectivity index (χ4n) is 2.91. The van der Waals surface area contributed by atoms with E-state index in [1.54, 1.807) is 0 Å². The second-order valence-corrected chi connectivity index (χ2v) is 6.20. The van der Waals surface area contributed by atoms with Crippen molar-refractivity contribution in [2.45, 2.75) is 45.9 Å². The van der Waals surface area contributed by atoms with Gasteiger partial charge in [0.1, 0.15) is 0 Å². The van der Waals surface area contributed by atoms with Gasteiger partial charge in [0.15, 0.2) is 0 Å². The van der Waals surface area contributed by atoms with E-state index in [1.807, 2.05) is 24.3 Å². The molecule has 2 heterocycles. The molecular weight excluding hydrogens is 278 g/mol. The molecule has 0 radical (unpaired) electrons. The van der Waals surface area contributed by atoms with Crippen LogP contribution in [0.15, 0.2) is 28.7 Å². The number of aryl methyl sites for hydroxylation is 1. The van der Waals surface area contributed by atoms with Crippen LogP contribution in [0.25, 0.3) is 11.5 Å². The summed E-state index contributed by atoms with van der Waals surface area (Å²) in [5, 5.41) is 8.44. The van der Waals surface area contributed by atoms with Crippen molar-refractivity contribution in [1.82, 2.24) is 15.1 Å². The molecule has 0 saturated carbocycles. The number of aromatic nitrogens is 2. The Morgan fingerprint density at radius 1 is 1.09 bits per heavy atom. The predicted octanol–water partition coefficient (Wildman–Crippen LogP) is 3.22. The molecule has 0 bridgehead atoms. The zero-order valence-electron chi connectivity index (χ0n) is 13.6. The summed E-state index contributed by atoms with van der Waals surface area (Å²) < 4.78 is 11.7. The molecule has 5 nitrogen and oxygen atoms in total. The highest BCUT2D eigenvalue weighted by atomic mass is 16.5.